The molecular weight excluding hydrogens is 270 g/mol. The van der Waals surface area contributed by atoms with Gasteiger partial charge in [0.1, 0.15) is 0 Å². The van der Waals surface area contributed by atoms with Crippen LogP contribution in [0.2, 0.25) is 0 Å². The molecule has 0 aliphatic heterocycles. The Kier molecular flexibility index (Phi) is 4.28. The van der Waals surface area contributed by atoms with Gasteiger partial charge in [-0.3, -0.25) is 4.79 Å². The van der Waals surface area contributed by atoms with E-state index in [1.807, 2.05) is 18.2 Å². The first kappa shape index (κ1) is 14.8. The number of hydrogen-bond acceptors (Lipinski definition) is 1. The van der Waals surface area contributed by atoms with E-state index in [2.05, 4.69) is 43.4 Å². The molecule has 1 aliphatic carbocycles. The molecule has 0 fully saturated rings. The topological polar surface area (TPSA) is 29.1 Å². The van der Waals surface area contributed by atoms with Crippen molar-refractivity contribution in [2.45, 2.75) is 45.4 Å². The molecule has 0 radical (unpaired) electrons. The average Bonchev–Trinajstić information content (AvgIpc) is 2.55. The van der Waals surface area contributed by atoms with E-state index in [9.17, 15) is 4.79 Å². The van der Waals surface area contributed by atoms with E-state index < -0.39 is 0 Å². The highest BCUT2D eigenvalue weighted by Crippen LogP contribution is 2.23. The summed E-state index contributed by atoms with van der Waals surface area (Å²) in [4.78, 5) is 12.4. The molecule has 0 heterocycles. The van der Waals surface area contributed by atoms with Crippen molar-refractivity contribution in [3.8, 4) is 0 Å². The maximum atomic E-state index is 12.4. The number of hydrogen-bond donors (Lipinski definition) is 1. The molecule has 0 bridgehead atoms. The van der Waals surface area contributed by atoms with Gasteiger partial charge in [-0.05, 0) is 72.6 Å². The molecule has 0 saturated heterocycles. The molecule has 1 N–H and O–H groups in total. The van der Waals surface area contributed by atoms with Gasteiger partial charge in [-0.1, -0.05) is 32.0 Å². The maximum absolute atomic E-state index is 12.4. The van der Waals surface area contributed by atoms with Gasteiger partial charge in [0.25, 0.3) is 5.91 Å². The summed E-state index contributed by atoms with van der Waals surface area (Å²) in [5.74, 6) is 0.482. The molecular formula is C20H23NO. The van der Waals surface area contributed by atoms with Gasteiger partial charge in [-0.15, -0.1) is 0 Å². The molecule has 0 unspecified atom stereocenters. The van der Waals surface area contributed by atoms with Crippen LogP contribution in [0.5, 0.6) is 0 Å². The normalized spacial score (nSPS) is 13.8. The molecule has 22 heavy (non-hydrogen) atoms. The fraction of sp³-hybridized carbons (Fsp3) is 0.350. The third kappa shape index (κ3) is 3.22. The van der Waals surface area contributed by atoms with Gasteiger partial charge < -0.3 is 5.32 Å². The molecule has 0 spiro atoms. The van der Waals surface area contributed by atoms with Crippen LogP contribution >= 0.6 is 0 Å². The summed E-state index contributed by atoms with van der Waals surface area (Å²) in [6.07, 6.45) is 4.74. The number of fused-ring (bicyclic) bond motifs is 1. The van der Waals surface area contributed by atoms with Crippen LogP contribution in [0.4, 0.5) is 5.69 Å². The summed E-state index contributed by atoms with van der Waals surface area (Å²) in [5.41, 5.74) is 5.64. The van der Waals surface area contributed by atoms with E-state index >= 15 is 0 Å². The summed E-state index contributed by atoms with van der Waals surface area (Å²) in [5, 5.41) is 2.99. The van der Waals surface area contributed by atoms with E-state index in [1.165, 1.54) is 29.5 Å². The second-order valence-electron chi connectivity index (χ2n) is 6.42. The van der Waals surface area contributed by atoms with Gasteiger partial charge in [0.05, 0.1) is 0 Å². The van der Waals surface area contributed by atoms with Crippen LogP contribution < -0.4 is 5.32 Å². The highest BCUT2D eigenvalue weighted by atomic mass is 16.1. The first-order chi connectivity index (χ1) is 10.6. The Labute approximate surface area is 132 Å². The summed E-state index contributed by atoms with van der Waals surface area (Å²) >= 11 is 0. The zero-order valence-corrected chi connectivity index (χ0v) is 13.4. The van der Waals surface area contributed by atoms with Crippen molar-refractivity contribution in [2.75, 3.05) is 5.32 Å². The van der Waals surface area contributed by atoms with Gasteiger partial charge in [-0.2, -0.15) is 0 Å². The lowest BCUT2D eigenvalue weighted by Gasteiger charge is -2.16. The van der Waals surface area contributed by atoms with E-state index in [-0.39, 0.29) is 5.91 Å². The van der Waals surface area contributed by atoms with E-state index in [1.54, 1.807) is 0 Å². The Bertz CT molecular complexity index is 671. The number of rotatable bonds is 3. The molecule has 0 atom stereocenters. The van der Waals surface area contributed by atoms with Crippen LogP contribution in [-0.2, 0) is 12.8 Å². The molecule has 1 aliphatic rings. The lowest BCUT2D eigenvalue weighted by atomic mass is 9.90. The van der Waals surface area contributed by atoms with Crippen molar-refractivity contribution in [1.82, 2.24) is 0 Å². The minimum absolute atomic E-state index is 0.0225. The number of nitrogens with one attached hydrogen (secondary N) is 1. The molecule has 2 aromatic carbocycles. The minimum atomic E-state index is -0.0225. The van der Waals surface area contributed by atoms with E-state index in [0.29, 0.717) is 5.92 Å². The third-order valence-corrected chi connectivity index (χ3v) is 4.45. The molecule has 1 amide bonds. The zero-order valence-electron chi connectivity index (χ0n) is 13.4. The van der Waals surface area contributed by atoms with Crippen molar-refractivity contribution < 1.29 is 4.79 Å². The predicted molar refractivity (Wildman–Crippen MR) is 91.6 cm³/mol. The standard InChI is InChI=1S/C20H23NO/c1-14(2)15-9-11-19(12-10-15)21-20(22)18-8-7-16-5-3-4-6-17(16)13-18/h7-14H,3-6H2,1-2H3,(H,21,22). The summed E-state index contributed by atoms with van der Waals surface area (Å²) in [6.45, 7) is 4.33. The van der Waals surface area contributed by atoms with Gasteiger partial charge in [-0.25, -0.2) is 0 Å². The first-order valence-electron chi connectivity index (χ1n) is 8.16. The van der Waals surface area contributed by atoms with Gasteiger partial charge >= 0.3 is 0 Å². The van der Waals surface area contributed by atoms with Crippen LogP contribution in [0.3, 0.4) is 0 Å². The fourth-order valence-electron chi connectivity index (χ4n) is 3.03. The Morgan fingerprint density at radius 2 is 1.64 bits per heavy atom. The smallest absolute Gasteiger partial charge is 0.255 e. The molecule has 0 aromatic heterocycles. The SMILES string of the molecule is CC(C)c1ccc(NC(=O)c2ccc3c(c2)CCCC3)cc1. The lowest BCUT2D eigenvalue weighted by molar-refractivity contribution is 0.102. The minimum Gasteiger partial charge on any atom is -0.322 e. The highest BCUT2D eigenvalue weighted by Gasteiger charge is 2.13. The number of carbonyl (C=O) groups excluding carboxylic acids is 1. The predicted octanol–water partition coefficient (Wildman–Crippen LogP) is 4.94. The summed E-state index contributed by atoms with van der Waals surface area (Å²) in [7, 11) is 0. The van der Waals surface area contributed by atoms with Crippen molar-refractivity contribution in [2.24, 2.45) is 0 Å². The largest absolute Gasteiger partial charge is 0.322 e. The molecule has 3 rings (SSSR count). The first-order valence-corrected chi connectivity index (χ1v) is 8.16. The Morgan fingerprint density at radius 1 is 0.955 bits per heavy atom. The highest BCUT2D eigenvalue weighted by molar-refractivity contribution is 6.04. The van der Waals surface area contributed by atoms with Crippen LogP contribution in [0.15, 0.2) is 42.5 Å². The number of carbonyl (C=O) groups is 1. The maximum Gasteiger partial charge on any atom is 0.255 e. The Balaban J connectivity index is 1.74. The molecule has 2 aromatic rings. The second-order valence-corrected chi connectivity index (χ2v) is 6.42. The molecule has 114 valence electrons. The van der Waals surface area contributed by atoms with Crippen LogP contribution in [0, 0.1) is 0 Å². The number of benzene rings is 2. The fourth-order valence-corrected chi connectivity index (χ4v) is 3.03. The lowest BCUT2D eigenvalue weighted by Crippen LogP contribution is -2.13. The number of amides is 1. The van der Waals surface area contributed by atoms with Gasteiger partial charge in [0, 0.05) is 11.3 Å². The van der Waals surface area contributed by atoms with Crippen LogP contribution in [-0.4, -0.2) is 5.91 Å². The quantitative estimate of drug-likeness (QED) is 0.853. The second kappa shape index (κ2) is 6.35. The van der Waals surface area contributed by atoms with Crippen molar-refractivity contribution in [1.29, 1.82) is 0 Å². The van der Waals surface area contributed by atoms with E-state index in [0.717, 1.165) is 24.1 Å². The Hall–Kier alpha value is -2.09. The van der Waals surface area contributed by atoms with Crippen LogP contribution in [0.25, 0.3) is 0 Å². The molecule has 2 nitrogen and oxygen atoms in total. The van der Waals surface area contributed by atoms with E-state index in [4.69, 9.17) is 0 Å². The Morgan fingerprint density at radius 3 is 2.32 bits per heavy atom. The average molecular weight is 293 g/mol. The van der Waals surface area contributed by atoms with Crippen molar-refractivity contribution >= 4 is 11.6 Å². The number of anilines is 1. The zero-order chi connectivity index (χ0) is 15.5. The van der Waals surface area contributed by atoms with Crippen LogP contribution in [0.1, 0.15) is 59.7 Å². The monoisotopic (exact) mass is 293 g/mol. The number of aryl methyl sites for hydroxylation is 2. The molecule has 2 heteroatoms. The summed E-state index contributed by atoms with van der Waals surface area (Å²) < 4.78 is 0. The summed E-state index contributed by atoms with van der Waals surface area (Å²) in [6, 6.07) is 14.2. The van der Waals surface area contributed by atoms with Crippen molar-refractivity contribution in [3.05, 3.63) is 64.7 Å². The third-order valence-electron chi connectivity index (χ3n) is 4.45. The van der Waals surface area contributed by atoms with Gasteiger partial charge in [0.2, 0.25) is 0 Å². The van der Waals surface area contributed by atoms with Gasteiger partial charge in [0.15, 0.2) is 0 Å². The molecule has 0 saturated carbocycles. The van der Waals surface area contributed by atoms with Crippen molar-refractivity contribution in [3.63, 3.8) is 0 Å².